The number of aromatic nitrogens is 2. The normalized spacial score (nSPS) is 13.6. The molecule has 0 fully saturated rings. The number of aryl methyl sites for hydroxylation is 1. The van der Waals surface area contributed by atoms with Crippen LogP contribution in [0.1, 0.15) is 29.8 Å². The van der Waals surface area contributed by atoms with Gasteiger partial charge >= 0.3 is 0 Å². The Kier molecular flexibility index (Phi) is 4.62. The van der Waals surface area contributed by atoms with Crippen molar-refractivity contribution in [2.75, 3.05) is 0 Å². The van der Waals surface area contributed by atoms with Gasteiger partial charge in [0.1, 0.15) is 0 Å². The Morgan fingerprint density at radius 3 is 2.71 bits per heavy atom. The molecule has 2 aromatic carbocycles. The molecule has 0 spiro atoms. The van der Waals surface area contributed by atoms with Crippen molar-refractivity contribution in [3.05, 3.63) is 65.4 Å². The summed E-state index contributed by atoms with van der Waals surface area (Å²) in [7, 11) is 0. The number of hydrogen-bond donors (Lipinski definition) is 3. The number of para-hydroxylation sites is 1. The summed E-state index contributed by atoms with van der Waals surface area (Å²) >= 11 is 0. The molecule has 3 aromatic rings. The van der Waals surface area contributed by atoms with E-state index in [1.807, 2.05) is 62.4 Å². The SMILES string of the molecule is Cc1ccccc1C(C)NC(=O)C(N)Cc1[nH]nc2ccccc12. The second kappa shape index (κ2) is 6.84. The van der Waals surface area contributed by atoms with E-state index in [1.54, 1.807) is 0 Å². The van der Waals surface area contributed by atoms with Crippen molar-refractivity contribution in [3.8, 4) is 0 Å². The van der Waals surface area contributed by atoms with E-state index in [9.17, 15) is 4.79 Å². The topological polar surface area (TPSA) is 83.8 Å². The molecule has 124 valence electrons. The van der Waals surface area contributed by atoms with Crippen LogP contribution < -0.4 is 11.1 Å². The zero-order valence-corrected chi connectivity index (χ0v) is 13.9. The number of carbonyl (C=O) groups is 1. The van der Waals surface area contributed by atoms with E-state index in [2.05, 4.69) is 15.5 Å². The van der Waals surface area contributed by atoms with Crippen LogP contribution in [0, 0.1) is 6.92 Å². The molecule has 24 heavy (non-hydrogen) atoms. The molecular weight excluding hydrogens is 300 g/mol. The highest BCUT2D eigenvalue weighted by Crippen LogP contribution is 2.18. The van der Waals surface area contributed by atoms with Crippen LogP contribution in [-0.4, -0.2) is 22.1 Å². The molecule has 3 rings (SSSR count). The fraction of sp³-hybridized carbons (Fsp3) is 0.263. The standard InChI is InChI=1S/C19H22N4O/c1-12-7-3-4-8-14(12)13(2)21-19(24)16(20)11-18-15-9-5-6-10-17(15)22-23-18/h3-10,13,16H,11,20H2,1-2H3,(H,21,24)(H,22,23). The third kappa shape index (κ3) is 3.31. The number of amides is 1. The Labute approximate surface area is 141 Å². The van der Waals surface area contributed by atoms with E-state index < -0.39 is 6.04 Å². The van der Waals surface area contributed by atoms with Gasteiger partial charge in [-0.25, -0.2) is 0 Å². The van der Waals surface area contributed by atoms with E-state index in [0.29, 0.717) is 6.42 Å². The molecule has 5 heteroatoms. The van der Waals surface area contributed by atoms with Crippen molar-refractivity contribution < 1.29 is 4.79 Å². The number of carbonyl (C=O) groups excluding carboxylic acids is 1. The maximum absolute atomic E-state index is 12.4. The fourth-order valence-corrected chi connectivity index (χ4v) is 2.95. The molecule has 0 aliphatic rings. The van der Waals surface area contributed by atoms with Gasteiger partial charge in [-0.1, -0.05) is 42.5 Å². The third-order valence-electron chi connectivity index (χ3n) is 4.32. The van der Waals surface area contributed by atoms with Gasteiger partial charge in [-0.15, -0.1) is 0 Å². The van der Waals surface area contributed by atoms with Crippen molar-refractivity contribution in [3.63, 3.8) is 0 Å². The number of aromatic amines is 1. The highest BCUT2D eigenvalue weighted by atomic mass is 16.2. The first kappa shape index (κ1) is 16.2. The summed E-state index contributed by atoms with van der Waals surface area (Å²) in [4.78, 5) is 12.4. The molecule has 5 nitrogen and oxygen atoms in total. The first-order chi connectivity index (χ1) is 11.6. The fourth-order valence-electron chi connectivity index (χ4n) is 2.95. The highest BCUT2D eigenvalue weighted by Gasteiger charge is 2.19. The van der Waals surface area contributed by atoms with Gasteiger partial charge in [0.2, 0.25) is 5.91 Å². The van der Waals surface area contributed by atoms with Crippen molar-refractivity contribution in [2.24, 2.45) is 5.73 Å². The number of rotatable bonds is 5. The average Bonchev–Trinajstić information content (AvgIpc) is 2.98. The lowest BCUT2D eigenvalue weighted by Crippen LogP contribution is -2.43. The monoisotopic (exact) mass is 322 g/mol. The van der Waals surface area contributed by atoms with E-state index in [1.165, 1.54) is 0 Å². The van der Waals surface area contributed by atoms with Crippen LogP contribution in [0.4, 0.5) is 0 Å². The van der Waals surface area contributed by atoms with Crippen molar-refractivity contribution in [1.82, 2.24) is 15.5 Å². The largest absolute Gasteiger partial charge is 0.348 e. The number of nitrogens with one attached hydrogen (secondary N) is 2. The van der Waals surface area contributed by atoms with E-state index >= 15 is 0 Å². The van der Waals surface area contributed by atoms with Crippen molar-refractivity contribution >= 4 is 16.8 Å². The van der Waals surface area contributed by atoms with Gasteiger partial charge in [0.15, 0.2) is 0 Å². The Bertz CT molecular complexity index is 855. The van der Waals surface area contributed by atoms with Gasteiger partial charge in [0, 0.05) is 17.5 Å². The summed E-state index contributed by atoms with van der Waals surface area (Å²) in [5.41, 5.74) is 10.1. The van der Waals surface area contributed by atoms with Crippen LogP contribution in [0.5, 0.6) is 0 Å². The molecule has 0 saturated carbocycles. The molecular formula is C19H22N4O. The molecule has 1 aromatic heterocycles. The quantitative estimate of drug-likeness (QED) is 0.675. The number of benzene rings is 2. The van der Waals surface area contributed by atoms with Gasteiger partial charge in [-0.05, 0) is 31.0 Å². The highest BCUT2D eigenvalue weighted by molar-refractivity contribution is 5.85. The maximum atomic E-state index is 12.4. The molecule has 0 aliphatic heterocycles. The van der Waals surface area contributed by atoms with Gasteiger partial charge < -0.3 is 11.1 Å². The molecule has 4 N–H and O–H groups in total. The molecule has 0 bridgehead atoms. The minimum Gasteiger partial charge on any atom is -0.348 e. The van der Waals surface area contributed by atoms with Gasteiger partial charge in [-0.2, -0.15) is 5.10 Å². The lowest BCUT2D eigenvalue weighted by Gasteiger charge is -2.19. The third-order valence-corrected chi connectivity index (χ3v) is 4.32. The number of fused-ring (bicyclic) bond motifs is 1. The first-order valence-corrected chi connectivity index (χ1v) is 8.09. The lowest BCUT2D eigenvalue weighted by atomic mass is 10.0. The van der Waals surface area contributed by atoms with Crippen LogP contribution in [-0.2, 0) is 11.2 Å². The van der Waals surface area contributed by atoms with Gasteiger partial charge in [-0.3, -0.25) is 9.89 Å². The van der Waals surface area contributed by atoms with E-state index in [4.69, 9.17) is 5.73 Å². The van der Waals surface area contributed by atoms with E-state index in [0.717, 1.165) is 27.7 Å². The summed E-state index contributed by atoms with van der Waals surface area (Å²) in [5, 5.41) is 11.2. The van der Waals surface area contributed by atoms with Gasteiger partial charge in [0.25, 0.3) is 0 Å². The molecule has 1 heterocycles. The number of nitrogens with zero attached hydrogens (tertiary/aromatic N) is 1. The molecule has 2 atom stereocenters. The predicted molar refractivity (Wildman–Crippen MR) is 95.5 cm³/mol. The molecule has 2 unspecified atom stereocenters. The number of H-pyrrole nitrogens is 1. The van der Waals surface area contributed by atoms with Crippen molar-refractivity contribution in [2.45, 2.75) is 32.4 Å². The molecule has 0 radical (unpaired) electrons. The summed E-state index contributed by atoms with van der Waals surface area (Å²) in [6, 6.07) is 15.1. The second-order valence-corrected chi connectivity index (χ2v) is 6.12. The second-order valence-electron chi connectivity index (χ2n) is 6.12. The predicted octanol–water partition coefficient (Wildman–Crippen LogP) is 2.62. The minimum absolute atomic E-state index is 0.0803. The molecule has 0 aliphatic carbocycles. The lowest BCUT2D eigenvalue weighted by molar-refractivity contribution is -0.123. The summed E-state index contributed by atoms with van der Waals surface area (Å²) in [5.74, 6) is -0.163. The van der Waals surface area contributed by atoms with Crippen LogP contribution in [0.25, 0.3) is 10.9 Å². The number of hydrogen-bond acceptors (Lipinski definition) is 3. The molecule has 0 saturated heterocycles. The van der Waals surface area contributed by atoms with Crippen LogP contribution in [0.15, 0.2) is 48.5 Å². The summed E-state index contributed by atoms with van der Waals surface area (Å²) < 4.78 is 0. The average molecular weight is 322 g/mol. The summed E-state index contributed by atoms with van der Waals surface area (Å²) in [6.07, 6.45) is 0.423. The van der Waals surface area contributed by atoms with Crippen molar-refractivity contribution in [1.29, 1.82) is 0 Å². The number of nitrogens with two attached hydrogens (primary N) is 1. The Morgan fingerprint density at radius 2 is 1.92 bits per heavy atom. The molecule has 1 amide bonds. The minimum atomic E-state index is -0.625. The van der Waals surface area contributed by atoms with Gasteiger partial charge in [0.05, 0.1) is 17.6 Å². The smallest absolute Gasteiger partial charge is 0.237 e. The van der Waals surface area contributed by atoms with Crippen LogP contribution in [0.3, 0.4) is 0 Å². The van der Waals surface area contributed by atoms with Crippen LogP contribution in [0.2, 0.25) is 0 Å². The zero-order valence-electron chi connectivity index (χ0n) is 13.9. The van der Waals surface area contributed by atoms with E-state index in [-0.39, 0.29) is 11.9 Å². The summed E-state index contributed by atoms with van der Waals surface area (Å²) in [6.45, 7) is 4.01. The zero-order chi connectivity index (χ0) is 17.1. The van der Waals surface area contributed by atoms with Crippen LogP contribution >= 0.6 is 0 Å². The first-order valence-electron chi connectivity index (χ1n) is 8.09. The Hall–Kier alpha value is -2.66. The Morgan fingerprint density at radius 1 is 1.21 bits per heavy atom. The Balaban J connectivity index is 1.68. The maximum Gasteiger partial charge on any atom is 0.237 e.